The summed E-state index contributed by atoms with van der Waals surface area (Å²) >= 11 is 0. The lowest BCUT2D eigenvalue weighted by Gasteiger charge is -2.44. The van der Waals surface area contributed by atoms with E-state index in [-0.39, 0.29) is 11.7 Å². The third kappa shape index (κ3) is 4.39. The number of piperazine rings is 1. The molecule has 1 amide bonds. The van der Waals surface area contributed by atoms with Crippen LogP contribution in [0.2, 0.25) is 0 Å². The van der Waals surface area contributed by atoms with Crippen LogP contribution in [-0.2, 0) is 11.3 Å². The molecule has 0 spiro atoms. The molecule has 6 heteroatoms. The van der Waals surface area contributed by atoms with Crippen LogP contribution in [0, 0.1) is 5.82 Å². The highest BCUT2D eigenvalue weighted by Gasteiger charge is 2.43. The smallest absolute Gasteiger partial charge is 0.256 e. The van der Waals surface area contributed by atoms with Crippen LogP contribution in [0.5, 0.6) is 0 Å². The Balaban J connectivity index is 1.33. The van der Waals surface area contributed by atoms with Crippen molar-refractivity contribution in [2.75, 3.05) is 39.3 Å². The molecule has 0 unspecified atom stereocenters. The molecule has 1 saturated carbocycles. The van der Waals surface area contributed by atoms with E-state index in [1.807, 2.05) is 0 Å². The van der Waals surface area contributed by atoms with E-state index in [4.69, 9.17) is 0 Å². The minimum absolute atomic E-state index is 0.179. The first-order valence-corrected chi connectivity index (χ1v) is 10.8. The van der Waals surface area contributed by atoms with Crippen molar-refractivity contribution in [3.63, 3.8) is 0 Å². The van der Waals surface area contributed by atoms with E-state index in [0.717, 1.165) is 44.2 Å². The average molecular weight is 390 g/mol. The summed E-state index contributed by atoms with van der Waals surface area (Å²) in [6.45, 7) is 5.41. The number of likely N-dealkylation sites (tertiary alicyclic amines) is 1. The molecule has 3 aliphatic rings. The van der Waals surface area contributed by atoms with Gasteiger partial charge in [-0.3, -0.25) is 14.6 Å². The Morgan fingerprint density at radius 1 is 1.00 bits per heavy atom. The highest BCUT2D eigenvalue weighted by atomic mass is 19.1. The maximum atomic E-state index is 13.1. The fraction of sp³-hybridized carbons (Fsp3) is 0.682. The van der Waals surface area contributed by atoms with Crippen LogP contribution in [-0.4, -0.2) is 76.6 Å². The van der Waals surface area contributed by atoms with Gasteiger partial charge in [0.15, 0.2) is 5.60 Å². The monoisotopic (exact) mass is 389 g/mol. The molecule has 1 aliphatic carbocycles. The maximum Gasteiger partial charge on any atom is 0.256 e. The molecule has 0 aromatic heterocycles. The van der Waals surface area contributed by atoms with Crippen LogP contribution in [0.4, 0.5) is 4.39 Å². The van der Waals surface area contributed by atoms with Crippen LogP contribution < -0.4 is 0 Å². The second-order valence-electron chi connectivity index (χ2n) is 8.74. The van der Waals surface area contributed by atoms with Gasteiger partial charge in [0.1, 0.15) is 5.82 Å². The highest BCUT2D eigenvalue weighted by molar-refractivity contribution is 5.86. The number of rotatable bonds is 5. The molecule has 1 N–H and O–H groups in total. The van der Waals surface area contributed by atoms with Crippen molar-refractivity contribution in [3.05, 3.63) is 35.6 Å². The Bertz CT molecular complexity index is 669. The van der Waals surface area contributed by atoms with Crippen molar-refractivity contribution >= 4 is 5.91 Å². The van der Waals surface area contributed by atoms with Crippen LogP contribution in [0.3, 0.4) is 0 Å². The molecule has 4 rings (SSSR count). The Hall–Kier alpha value is -1.50. The second-order valence-corrected chi connectivity index (χ2v) is 8.74. The number of piperidine rings is 1. The Morgan fingerprint density at radius 2 is 1.68 bits per heavy atom. The maximum absolute atomic E-state index is 13.1. The van der Waals surface area contributed by atoms with E-state index in [9.17, 15) is 14.3 Å². The van der Waals surface area contributed by atoms with Crippen molar-refractivity contribution in [2.24, 2.45) is 0 Å². The van der Waals surface area contributed by atoms with Crippen LogP contribution in [0.15, 0.2) is 24.3 Å². The summed E-state index contributed by atoms with van der Waals surface area (Å²) in [5, 5.41) is 11.2. The summed E-state index contributed by atoms with van der Waals surface area (Å²) in [4.78, 5) is 19.6. The van der Waals surface area contributed by atoms with Crippen molar-refractivity contribution < 1.29 is 14.3 Å². The fourth-order valence-corrected chi connectivity index (χ4v) is 5.10. The molecule has 5 nitrogen and oxygen atoms in total. The molecule has 1 atom stereocenters. The number of aliphatic hydroxyl groups is 1. The minimum atomic E-state index is -1.30. The molecule has 0 bridgehead atoms. The quantitative estimate of drug-likeness (QED) is 0.839. The lowest BCUT2D eigenvalue weighted by Crippen LogP contribution is -2.60. The summed E-state index contributed by atoms with van der Waals surface area (Å²) in [6.07, 6.45) is 6.66. The van der Waals surface area contributed by atoms with Gasteiger partial charge in [0, 0.05) is 51.9 Å². The van der Waals surface area contributed by atoms with Gasteiger partial charge in [0.05, 0.1) is 0 Å². The number of nitrogens with zero attached hydrogens (tertiary/aromatic N) is 3. The first kappa shape index (κ1) is 19.8. The van der Waals surface area contributed by atoms with E-state index >= 15 is 0 Å². The van der Waals surface area contributed by atoms with Crippen molar-refractivity contribution in [1.82, 2.24) is 14.7 Å². The number of hydrogen-bond donors (Lipinski definition) is 1. The topological polar surface area (TPSA) is 47.0 Å². The van der Waals surface area contributed by atoms with Gasteiger partial charge in [-0.25, -0.2) is 4.39 Å². The second kappa shape index (κ2) is 8.47. The summed E-state index contributed by atoms with van der Waals surface area (Å²) in [5.74, 6) is -0.455. The van der Waals surface area contributed by atoms with E-state index in [1.54, 1.807) is 17.0 Å². The summed E-state index contributed by atoms with van der Waals surface area (Å²) in [7, 11) is 0. The number of β-amino-alcohol motifs (C(OH)–C–C–N with tert-alkyl or cyclic N) is 1. The number of benzene rings is 1. The summed E-state index contributed by atoms with van der Waals surface area (Å²) in [6, 6.07) is 6.99. The molecule has 1 aromatic carbocycles. The largest absolute Gasteiger partial charge is 0.379 e. The molecular weight excluding hydrogens is 357 g/mol. The third-order valence-corrected chi connectivity index (χ3v) is 6.72. The van der Waals surface area contributed by atoms with Gasteiger partial charge in [-0.1, -0.05) is 25.0 Å². The number of carbonyl (C=O) groups is 1. The van der Waals surface area contributed by atoms with Gasteiger partial charge < -0.3 is 10.0 Å². The molecular formula is C22H32FN3O2. The van der Waals surface area contributed by atoms with Gasteiger partial charge >= 0.3 is 0 Å². The number of hydrogen-bond acceptors (Lipinski definition) is 4. The van der Waals surface area contributed by atoms with Crippen molar-refractivity contribution in [2.45, 2.75) is 56.7 Å². The molecule has 3 fully saturated rings. The first-order valence-electron chi connectivity index (χ1n) is 10.8. The average Bonchev–Trinajstić information content (AvgIpc) is 3.23. The molecule has 0 radical (unpaired) electrons. The van der Waals surface area contributed by atoms with E-state index in [0.29, 0.717) is 26.1 Å². The zero-order valence-corrected chi connectivity index (χ0v) is 16.7. The molecule has 2 saturated heterocycles. The van der Waals surface area contributed by atoms with Crippen LogP contribution >= 0.6 is 0 Å². The van der Waals surface area contributed by atoms with Gasteiger partial charge in [-0.2, -0.15) is 0 Å². The molecule has 2 aliphatic heterocycles. The normalized spacial score (nSPS) is 28.2. The standard InChI is InChI=1S/C22H32FN3O2/c23-19-8-6-18(7-9-19)16-26-11-3-10-22(28,21(26)27)17-24-12-14-25(15-13-24)20-4-1-2-5-20/h6-9,20,28H,1-5,10-17H2/t22-/m1/s1. The number of halogens is 1. The van der Waals surface area contributed by atoms with Gasteiger partial charge in [-0.05, 0) is 43.4 Å². The Labute approximate surface area is 167 Å². The van der Waals surface area contributed by atoms with Gasteiger partial charge in [-0.15, -0.1) is 0 Å². The molecule has 154 valence electrons. The van der Waals surface area contributed by atoms with Crippen molar-refractivity contribution in [3.8, 4) is 0 Å². The van der Waals surface area contributed by atoms with E-state index in [1.165, 1.54) is 37.8 Å². The Morgan fingerprint density at radius 3 is 2.36 bits per heavy atom. The number of carbonyl (C=O) groups excluding carboxylic acids is 1. The summed E-state index contributed by atoms with van der Waals surface area (Å²) < 4.78 is 13.1. The molecule has 2 heterocycles. The lowest BCUT2D eigenvalue weighted by atomic mass is 9.90. The van der Waals surface area contributed by atoms with Gasteiger partial charge in [0.2, 0.25) is 0 Å². The fourth-order valence-electron chi connectivity index (χ4n) is 5.10. The molecule has 28 heavy (non-hydrogen) atoms. The zero-order chi connectivity index (χ0) is 19.6. The van der Waals surface area contributed by atoms with Crippen molar-refractivity contribution in [1.29, 1.82) is 0 Å². The third-order valence-electron chi connectivity index (χ3n) is 6.72. The number of amides is 1. The SMILES string of the molecule is O=C1N(Cc2ccc(F)cc2)CCC[C@@]1(O)CN1CCN(C2CCCC2)CC1. The predicted octanol–water partition coefficient (Wildman–Crippen LogP) is 2.24. The van der Waals surface area contributed by atoms with Gasteiger partial charge in [0.25, 0.3) is 5.91 Å². The van der Waals surface area contributed by atoms with E-state index < -0.39 is 5.60 Å². The highest BCUT2D eigenvalue weighted by Crippen LogP contribution is 2.28. The minimum Gasteiger partial charge on any atom is -0.379 e. The predicted molar refractivity (Wildman–Crippen MR) is 106 cm³/mol. The zero-order valence-electron chi connectivity index (χ0n) is 16.7. The van der Waals surface area contributed by atoms with Crippen LogP contribution in [0.25, 0.3) is 0 Å². The Kier molecular flexibility index (Phi) is 5.99. The van der Waals surface area contributed by atoms with Crippen LogP contribution in [0.1, 0.15) is 44.1 Å². The van der Waals surface area contributed by atoms with E-state index in [2.05, 4.69) is 9.80 Å². The summed E-state index contributed by atoms with van der Waals surface area (Å²) in [5.41, 5.74) is -0.405. The lowest BCUT2D eigenvalue weighted by molar-refractivity contribution is -0.160. The molecule has 1 aromatic rings. The first-order chi connectivity index (χ1) is 13.5.